The third-order valence-electron chi connectivity index (χ3n) is 5.49. The van der Waals surface area contributed by atoms with Crippen molar-refractivity contribution in [2.45, 2.75) is 26.3 Å². The van der Waals surface area contributed by atoms with E-state index in [-0.39, 0.29) is 12.1 Å². The number of hydrogen-bond acceptors (Lipinski definition) is 5. The van der Waals surface area contributed by atoms with Crippen LogP contribution in [0.15, 0.2) is 77.7 Å². The zero-order valence-corrected chi connectivity index (χ0v) is 19.2. The summed E-state index contributed by atoms with van der Waals surface area (Å²) in [5, 5.41) is 3.25. The lowest BCUT2D eigenvalue weighted by Gasteiger charge is -2.13. The molecule has 2 heterocycles. The Hall–Kier alpha value is -4.33. The van der Waals surface area contributed by atoms with E-state index >= 15 is 0 Å². The first-order chi connectivity index (χ1) is 17.0. The Morgan fingerprint density at radius 3 is 2.57 bits per heavy atom. The number of carbonyl (C=O) groups excluding carboxylic acids is 2. The molecule has 0 spiro atoms. The van der Waals surface area contributed by atoms with Crippen molar-refractivity contribution in [2.24, 2.45) is 0 Å². The molecule has 4 aromatic rings. The summed E-state index contributed by atoms with van der Waals surface area (Å²) < 4.78 is 20.8. The topological polar surface area (TPSA) is 90.3 Å². The van der Waals surface area contributed by atoms with E-state index in [1.54, 1.807) is 54.6 Å². The van der Waals surface area contributed by atoms with Crippen LogP contribution in [0.3, 0.4) is 0 Å². The number of amides is 1. The van der Waals surface area contributed by atoms with E-state index < -0.39 is 23.3 Å². The van der Waals surface area contributed by atoms with Gasteiger partial charge in [0.25, 0.3) is 11.5 Å². The van der Waals surface area contributed by atoms with E-state index in [0.29, 0.717) is 34.5 Å². The van der Waals surface area contributed by atoms with Crippen LogP contribution in [0, 0.1) is 5.82 Å². The van der Waals surface area contributed by atoms with Crippen molar-refractivity contribution in [2.75, 3.05) is 11.9 Å². The van der Waals surface area contributed by atoms with Gasteiger partial charge < -0.3 is 10.1 Å². The highest BCUT2D eigenvalue weighted by molar-refractivity contribution is 6.05. The van der Waals surface area contributed by atoms with E-state index in [1.807, 2.05) is 6.92 Å². The summed E-state index contributed by atoms with van der Waals surface area (Å²) in [5.74, 6) is -1.51. The second kappa shape index (κ2) is 10.7. The van der Waals surface area contributed by atoms with Crippen molar-refractivity contribution in [3.8, 4) is 0 Å². The average molecular weight is 474 g/mol. The number of esters is 1. The second-order valence-corrected chi connectivity index (χ2v) is 7.98. The third-order valence-corrected chi connectivity index (χ3v) is 5.49. The first-order valence-corrected chi connectivity index (χ1v) is 11.3. The highest BCUT2D eigenvalue weighted by Gasteiger charge is 2.18. The van der Waals surface area contributed by atoms with Crippen LogP contribution >= 0.6 is 0 Å². The van der Waals surface area contributed by atoms with E-state index in [1.165, 1.54) is 22.9 Å². The zero-order valence-electron chi connectivity index (χ0n) is 19.2. The van der Waals surface area contributed by atoms with Gasteiger partial charge in [-0.1, -0.05) is 31.5 Å². The largest absolute Gasteiger partial charge is 0.462 e. The predicted molar refractivity (Wildman–Crippen MR) is 131 cm³/mol. The first-order valence-electron chi connectivity index (χ1n) is 11.3. The monoisotopic (exact) mass is 473 g/mol. The number of nitrogens with one attached hydrogen (secondary N) is 1. The molecule has 2 aromatic carbocycles. The third kappa shape index (κ3) is 5.43. The van der Waals surface area contributed by atoms with Crippen LogP contribution in [0.5, 0.6) is 0 Å². The van der Waals surface area contributed by atoms with Crippen LogP contribution in [-0.2, 0) is 11.3 Å². The molecular weight excluding hydrogens is 449 g/mol. The summed E-state index contributed by atoms with van der Waals surface area (Å²) in [6, 6.07) is 17.3. The van der Waals surface area contributed by atoms with Gasteiger partial charge in [0.1, 0.15) is 17.0 Å². The standard InChI is InChI=1S/C27H24FN3O4/c1-2-3-15-35-27(34)18-10-12-21(13-11-18)30-25(32)22-16-19-8-6-14-29-24(19)31(26(22)33)17-20-7-4-5-9-23(20)28/h4-14,16H,2-3,15,17H2,1H3,(H,30,32). The number of benzene rings is 2. The molecule has 1 amide bonds. The number of aromatic nitrogens is 2. The quantitative estimate of drug-likeness (QED) is 0.293. The normalized spacial score (nSPS) is 10.8. The van der Waals surface area contributed by atoms with Crippen LogP contribution in [0.2, 0.25) is 0 Å². The number of nitrogens with zero attached hydrogens (tertiary/aromatic N) is 2. The molecule has 2 aromatic heterocycles. The highest BCUT2D eigenvalue weighted by atomic mass is 19.1. The maximum atomic E-state index is 14.3. The number of hydrogen-bond donors (Lipinski definition) is 1. The Morgan fingerprint density at radius 1 is 1.06 bits per heavy atom. The number of pyridine rings is 2. The van der Waals surface area contributed by atoms with Gasteiger partial charge in [0, 0.05) is 22.8 Å². The van der Waals surface area contributed by atoms with Gasteiger partial charge in [-0.3, -0.25) is 14.2 Å². The minimum atomic E-state index is -0.624. The number of anilines is 1. The fourth-order valence-corrected chi connectivity index (χ4v) is 3.59. The van der Waals surface area contributed by atoms with Crippen LogP contribution in [0.25, 0.3) is 11.0 Å². The van der Waals surface area contributed by atoms with Gasteiger partial charge >= 0.3 is 5.97 Å². The summed E-state index contributed by atoms with van der Waals surface area (Å²) in [6.07, 6.45) is 3.24. The van der Waals surface area contributed by atoms with E-state index in [2.05, 4.69) is 10.3 Å². The number of unbranched alkanes of at least 4 members (excludes halogenated alkanes) is 1. The Labute approximate surface area is 201 Å². The molecule has 0 aliphatic heterocycles. The number of halogens is 1. The van der Waals surface area contributed by atoms with Gasteiger partial charge in [0.15, 0.2) is 0 Å². The van der Waals surface area contributed by atoms with Crippen molar-refractivity contribution in [1.29, 1.82) is 0 Å². The molecule has 0 aliphatic carbocycles. The summed E-state index contributed by atoms with van der Waals surface area (Å²) in [4.78, 5) is 42.6. The molecule has 0 fully saturated rings. The molecule has 178 valence electrons. The summed E-state index contributed by atoms with van der Waals surface area (Å²) in [7, 11) is 0. The van der Waals surface area contributed by atoms with Crippen LogP contribution in [0.1, 0.15) is 46.0 Å². The van der Waals surface area contributed by atoms with Crippen LogP contribution in [-0.4, -0.2) is 28.0 Å². The Kier molecular flexibility index (Phi) is 7.30. The molecule has 0 bridgehead atoms. The molecule has 4 rings (SSSR count). The van der Waals surface area contributed by atoms with Crippen molar-refractivity contribution in [3.63, 3.8) is 0 Å². The summed E-state index contributed by atoms with van der Waals surface area (Å²) >= 11 is 0. The Bertz CT molecular complexity index is 1430. The van der Waals surface area contributed by atoms with E-state index in [9.17, 15) is 18.8 Å². The van der Waals surface area contributed by atoms with Crippen molar-refractivity contribution in [1.82, 2.24) is 9.55 Å². The van der Waals surface area contributed by atoms with E-state index in [0.717, 1.165) is 12.8 Å². The molecule has 0 radical (unpaired) electrons. The van der Waals surface area contributed by atoms with Gasteiger partial charge in [-0.25, -0.2) is 14.2 Å². The van der Waals surface area contributed by atoms with Crippen LogP contribution < -0.4 is 10.9 Å². The molecule has 8 heteroatoms. The van der Waals surface area contributed by atoms with Crippen molar-refractivity contribution >= 4 is 28.6 Å². The predicted octanol–water partition coefficient (Wildman–Crippen LogP) is 4.79. The van der Waals surface area contributed by atoms with Crippen LogP contribution in [0.4, 0.5) is 10.1 Å². The number of fused-ring (bicyclic) bond motifs is 1. The SMILES string of the molecule is CCCCOC(=O)c1ccc(NC(=O)c2cc3cccnc3n(Cc3ccccc3F)c2=O)cc1. The average Bonchev–Trinajstić information content (AvgIpc) is 2.87. The molecule has 0 atom stereocenters. The smallest absolute Gasteiger partial charge is 0.338 e. The molecule has 35 heavy (non-hydrogen) atoms. The van der Waals surface area contributed by atoms with Gasteiger partial charge in [-0.2, -0.15) is 0 Å². The number of rotatable bonds is 8. The van der Waals surface area contributed by atoms with Gasteiger partial charge in [0.2, 0.25) is 0 Å². The molecular formula is C27H24FN3O4. The second-order valence-electron chi connectivity index (χ2n) is 7.98. The minimum Gasteiger partial charge on any atom is -0.462 e. The Morgan fingerprint density at radius 2 is 1.83 bits per heavy atom. The molecule has 7 nitrogen and oxygen atoms in total. The summed E-state index contributed by atoms with van der Waals surface area (Å²) in [5.41, 5.74) is 0.733. The lowest BCUT2D eigenvalue weighted by molar-refractivity contribution is 0.0499. The lowest BCUT2D eigenvalue weighted by Crippen LogP contribution is -2.30. The first kappa shape index (κ1) is 23.8. The van der Waals surface area contributed by atoms with Gasteiger partial charge in [0.05, 0.1) is 18.7 Å². The lowest BCUT2D eigenvalue weighted by atomic mass is 10.1. The molecule has 0 saturated carbocycles. The van der Waals surface area contributed by atoms with Gasteiger partial charge in [-0.15, -0.1) is 0 Å². The fraction of sp³-hybridized carbons (Fsp3) is 0.185. The number of carbonyl (C=O) groups is 2. The Balaban J connectivity index is 1.61. The molecule has 0 saturated heterocycles. The number of ether oxygens (including phenoxy) is 1. The molecule has 0 aliphatic rings. The zero-order chi connectivity index (χ0) is 24.8. The summed E-state index contributed by atoms with van der Waals surface area (Å²) in [6.45, 7) is 2.28. The van der Waals surface area contributed by atoms with Crippen molar-refractivity contribution < 1.29 is 18.7 Å². The van der Waals surface area contributed by atoms with E-state index in [4.69, 9.17) is 4.74 Å². The maximum Gasteiger partial charge on any atom is 0.338 e. The molecule has 0 unspecified atom stereocenters. The van der Waals surface area contributed by atoms with Crippen molar-refractivity contribution in [3.05, 3.63) is 106 Å². The highest BCUT2D eigenvalue weighted by Crippen LogP contribution is 2.16. The fourth-order valence-electron chi connectivity index (χ4n) is 3.59. The maximum absolute atomic E-state index is 14.3. The minimum absolute atomic E-state index is 0.0744. The van der Waals surface area contributed by atoms with Gasteiger partial charge in [-0.05, 0) is 55.0 Å². The molecule has 1 N–H and O–H groups in total.